The molecule has 1 heterocycles. The molecular formula is C15H20N2O3. The van der Waals surface area contributed by atoms with Gasteiger partial charge in [-0.2, -0.15) is 0 Å². The molecule has 1 atom stereocenters. The minimum atomic E-state index is -0.453. The maximum atomic E-state index is 11.6. The Labute approximate surface area is 118 Å². The van der Waals surface area contributed by atoms with Crippen LogP contribution in [-0.4, -0.2) is 37.6 Å². The monoisotopic (exact) mass is 276 g/mol. The molecule has 1 fully saturated rings. The lowest BCUT2D eigenvalue weighted by molar-refractivity contribution is -0.146. The predicted molar refractivity (Wildman–Crippen MR) is 75.1 cm³/mol. The van der Waals surface area contributed by atoms with Crippen LogP contribution in [0.4, 0.5) is 0 Å². The molecule has 1 aliphatic rings. The van der Waals surface area contributed by atoms with Crippen LogP contribution in [0.1, 0.15) is 18.4 Å². The summed E-state index contributed by atoms with van der Waals surface area (Å²) < 4.78 is 5.16. The summed E-state index contributed by atoms with van der Waals surface area (Å²) in [5.41, 5.74) is 1.23. The number of amides is 1. The summed E-state index contributed by atoms with van der Waals surface area (Å²) in [6, 6.07) is 9.62. The zero-order valence-electron chi connectivity index (χ0n) is 11.4. The first-order valence-electron chi connectivity index (χ1n) is 6.96. The van der Waals surface area contributed by atoms with Crippen LogP contribution in [0.15, 0.2) is 30.3 Å². The molecule has 0 aromatic heterocycles. The van der Waals surface area contributed by atoms with Gasteiger partial charge in [-0.05, 0) is 18.4 Å². The van der Waals surface area contributed by atoms with E-state index in [9.17, 15) is 9.59 Å². The number of carbonyl (C=O) groups is 2. The first-order chi connectivity index (χ1) is 9.75. The molecule has 0 spiro atoms. The van der Waals surface area contributed by atoms with Gasteiger partial charge in [0.15, 0.2) is 0 Å². The van der Waals surface area contributed by atoms with Gasteiger partial charge in [-0.15, -0.1) is 0 Å². The Kier molecular flexibility index (Phi) is 5.55. The van der Waals surface area contributed by atoms with Crippen molar-refractivity contribution in [1.82, 2.24) is 10.6 Å². The van der Waals surface area contributed by atoms with Gasteiger partial charge in [0.05, 0.1) is 19.1 Å². The zero-order valence-corrected chi connectivity index (χ0v) is 11.4. The van der Waals surface area contributed by atoms with Crippen LogP contribution in [0, 0.1) is 0 Å². The number of aryl methyl sites for hydroxylation is 1. The molecule has 1 saturated heterocycles. The quantitative estimate of drug-likeness (QED) is 0.591. The molecule has 1 aromatic rings. The number of carbonyl (C=O) groups excluding carboxylic acids is 2. The van der Waals surface area contributed by atoms with Crippen LogP contribution in [0.2, 0.25) is 0 Å². The number of hydrogen-bond donors (Lipinski definition) is 2. The molecule has 0 radical (unpaired) electrons. The van der Waals surface area contributed by atoms with E-state index < -0.39 is 6.04 Å². The van der Waals surface area contributed by atoms with Gasteiger partial charge < -0.3 is 15.4 Å². The molecule has 1 aromatic carbocycles. The standard InChI is InChI=1S/C15H20N2O3/c18-14(11-13-15(19)17-9-8-16-13)20-10-4-7-12-5-2-1-3-6-12/h1-3,5-6,13,16H,4,7-11H2,(H,17,19)/t13-/m1/s1. The fraction of sp³-hybridized carbons (Fsp3) is 0.467. The van der Waals surface area contributed by atoms with E-state index in [1.165, 1.54) is 5.56 Å². The molecule has 5 nitrogen and oxygen atoms in total. The van der Waals surface area contributed by atoms with Gasteiger partial charge in [-0.3, -0.25) is 9.59 Å². The largest absolute Gasteiger partial charge is 0.466 e. The molecule has 108 valence electrons. The maximum absolute atomic E-state index is 11.6. The second-order valence-corrected chi connectivity index (χ2v) is 4.81. The Morgan fingerprint density at radius 1 is 1.25 bits per heavy atom. The fourth-order valence-corrected chi connectivity index (χ4v) is 2.15. The van der Waals surface area contributed by atoms with E-state index >= 15 is 0 Å². The zero-order chi connectivity index (χ0) is 14.2. The van der Waals surface area contributed by atoms with Crippen molar-refractivity contribution in [3.63, 3.8) is 0 Å². The van der Waals surface area contributed by atoms with Gasteiger partial charge in [-0.1, -0.05) is 30.3 Å². The molecule has 2 rings (SSSR count). The summed E-state index contributed by atoms with van der Waals surface area (Å²) in [5, 5.41) is 5.72. The van der Waals surface area contributed by atoms with Gasteiger partial charge in [-0.25, -0.2) is 0 Å². The average molecular weight is 276 g/mol. The van der Waals surface area contributed by atoms with Gasteiger partial charge in [0, 0.05) is 13.1 Å². The van der Waals surface area contributed by atoms with Crippen molar-refractivity contribution in [2.45, 2.75) is 25.3 Å². The molecule has 20 heavy (non-hydrogen) atoms. The molecule has 1 aliphatic heterocycles. The van der Waals surface area contributed by atoms with E-state index in [0.29, 0.717) is 19.7 Å². The van der Waals surface area contributed by atoms with Crippen molar-refractivity contribution in [3.05, 3.63) is 35.9 Å². The summed E-state index contributed by atoms with van der Waals surface area (Å²) in [5.74, 6) is -0.454. The summed E-state index contributed by atoms with van der Waals surface area (Å²) in [6.07, 6.45) is 1.77. The summed E-state index contributed by atoms with van der Waals surface area (Å²) in [4.78, 5) is 23.1. The summed E-state index contributed by atoms with van der Waals surface area (Å²) in [7, 11) is 0. The Morgan fingerprint density at radius 2 is 2.05 bits per heavy atom. The number of benzene rings is 1. The van der Waals surface area contributed by atoms with Crippen molar-refractivity contribution in [1.29, 1.82) is 0 Å². The molecule has 0 unspecified atom stereocenters. The molecule has 1 amide bonds. The molecule has 0 saturated carbocycles. The van der Waals surface area contributed by atoms with E-state index in [-0.39, 0.29) is 18.3 Å². The van der Waals surface area contributed by atoms with Gasteiger partial charge >= 0.3 is 5.97 Å². The van der Waals surface area contributed by atoms with E-state index in [4.69, 9.17) is 4.74 Å². The van der Waals surface area contributed by atoms with Crippen LogP contribution < -0.4 is 10.6 Å². The normalized spacial score (nSPS) is 18.4. The lowest BCUT2D eigenvalue weighted by Gasteiger charge is -2.22. The second-order valence-electron chi connectivity index (χ2n) is 4.81. The number of esters is 1. The van der Waals surface area contributed by atoms with Crippen LogP contribution in [0.25, 0.3) is 0 Å². The minimum Gasteiger partial charge on any atom is -0.466 e. The Bertz CT molecular complexity index is 448. The smallest absolute Gasteiger partial charge is 0.307 e. The highest BCUT2D eigenvalue weighted by atomic mass is 16.5. The van der Waals surface area contributed by atoms with Crippen LogP contribution in [0.3, 0.4) is 0 Å². The Morgan fingerprint density at radius 3 is 2.80 bits per heavy atom. The second kappa shape index (κ2) is 7.65. The number of hydrogen-bond acceptors (Lipinski definition) is 4. The van der Waals surface area contributed by atoms with E-state index in [1.54, 1.807) is 0 Å². The van der Waals surface area contributed by atoms with E-state index in [1.807, 2.05) is 18.2 Å². The highest BCUT2D eigenvalue weighted by Crippen LogP contribution is 2.04. The Hall–Kier alpha value is -1.88. The maximum Gasteiger partial charge on any atom is 0.307 e. The van der Waals surface area contributed by atoms with Crippen molar-refractivity contribution < 1.29 is 14.3 Å². The summed E-state index contributed by atoms with van der Waals surface area (Å²) in [6.45, 7) is 1.70. The third kappa shape index (κ3) is 4.66. The van der Waals surface area contributed by atoms with Crippen molar-refractivity contribution in [2.24, 2.45) is 0 Å². The molecule has 0 aliphatic carbocycles. The van der Waals surface area contributed by atoms with Crippen molar-refractivity contribution >= 4 is 11.9 Å². The summed E-state index contributed by atoms with van der Waals surface area (Å²) >= 11 is 0. The highest BCUT2D eigenvalue weighted by molar-refractivity contribution is 5.87. The lowest BCUT2D eigenvalue weighted by atomic mass is 10.1. The first kappa shape index (κ1) is 14.5. The SMILES string of the molecule is O=C(C[C@H]1NCCNC1=O)OCCCc1ccccc1. The number of ether oxygens (including phenoxy) is 1. The molecule has 5 heteroatoms. The van der Waals surface area contributed by atoms with E-state index in [2.05, 4.69) is 22.8 Å². The lowest BCUT2D eigenvalue weighted by Crippen LogP contribution is -2.53. The molecular weight excluding hydrogens is 256 g/mol. The van der Waals surface area contributed by atoms with Crippen molar-refractivity contribution in [3.8, 4) is 0 Å². The van der Waals surface area contributed by atoms with Crippen LogP contribution >= 0.6 is 0 Å². The van der Waals surface area contributed by atoms with Crippen molar-refractivity contribution in [2.75, 3.05) is 19.7 Å². The first-order valence-corrected chi connectivity index (χ1v) is 6.96. The number of nitrogens with one attached hydrogen (secondary N) is 2. The van der Waals surface area contributed by atoms with Gasteiger partial charge in [0.2, 0.25) is 5.91 Å². The molecule has 2 N–H and O–H groups in total. The highest BCUT2D eigenvalue weighted by Gasteiger charge is 2.24. The number of rotatable bonds is 6. The third-order valence-corrected chi connectivity index (χ3v) is 3.22. The van der Waals surface area contributed by atoms with Crippen LogP contribution in [0.5, 0.6) is 0 Å². The average Bonchev–Trinajstić information content (AvgIpc) is 2.47. The van der Waals surface area contributed by atoms with Crippen LogP contribution in [-0.2, 0) is 20.7 Å². The minimum absolute atomic E-state index is 0.0944. The fourth-order valence-electron chi connectivity index (χ4n) is 2.15. The van der Waals surface area contributed by atoms with Gasteiger partial charge in [0.1, 0.15) is 0 Å². The third-order valence-electron chi connectivity index (χ3n) is 3.22. The predicted octanol–water partition coefficient (Wildman–Crippen LogP) is 0.641. The number of piperazine rings is 1. The van der Waals surface area contributed by atoms with E-state index in [0.717, 1.165) is 12.8 Å². The Balaban J connectivity index is 1.61. The van der Waals surface area contributed by atoms with Gasteiger partial charge in [0.25, 0.3) is 0 Å². The molecule has 0 bridgehead atoms. The topological polar surface area (TPSA) is 67.4 Å².